The van der Waals surface area contributed by atoms with Gasteiger partial charge in [0.05, 0.1) is 11.1 Å². The topological polar surface area (TPSA) is 3.24 Å². The third-order valence-corrected chi connectivity index (χ3v) is 16.4. The Morgan fingerprint density at radius 2 is 0.873 bits per heavy atom. The van der Waals surface area contributed by atoms with Gasteiger partial charge in [-0.05, 0) is 168 Å². The van der Waals surface area contributed by atoms with Crippen molar-refractivity contribution in [1.29, 1.82) is 0 Å². The number of anilines is 3. The molecule has 1 spiro atoms. The molecule has 7 aromatic carbocycles. The van der Waals surface area contributed by atoms with Gasteiger partial charge >= 0.3 is 0 Å². The summed E-state index contributed by atoms with van der Waals surface area (Å²) in [5.41, 5.74) is 24.5. The molecule has 1 heteroatoms. The molecule has 63 heavy (non-hydrogen) atoms. The van der Waals surface area contributed by atoms with Crippen LogP contribution >= 0.6 is 0 Å². The maximum atomic E-state index is 2.66. The van der Waals surface area contributed by atoms with E-state index in [1.807, 2.05) is 0 Å². The zero-order valence-electron chi connectivity index (χ0n) is 39.2. The van der Waals surface area contributed by atoms with Crippen LogP contribution in [-0.4, -0.2) is 0 Å². The van der Waals surface area contributed by atoms with Crippen LogP contribution in [0.4, 0.5) is 17.1 Å². The van der Waals surface area contributed by atoms with Crippen molar-refractivity contribution in [3.8, 4) is 33.4 Å². The lowest BCUT2D eigenvalue weighted by Gasteiger charge is -2.44. The van der Waals surface area contributed by atoms with E-state index in [1.165, 1.54) is 120 Å². The summed E-state index contributed by atoms with van der Waals surface area (Å²) in [5.74, 6) is 0.330. The summed E-state index contributed by atoms with van der Waals surface area (Å²) < 4.78 is 0. The SMILES string of the molecule is CC(C)c1ccc2c(c1-c1cc3c(cc1N(c1ccccc1)c1ccc4c(c1)C(C)(C)CCC4(C)C)C1(c4ccccc4-c4ccccc41)c1ccccc1-3)C(C)(C)CCC2(C)C. The molecule has 0 aliphatic heterocycles. The summed E-state index contributed by atoms with van der Waals surface area (Å²) in [6.45, 7) is 24.6. The Bertz CT molecular complexity index is 2940. The lowest BCUT2D eigenvalue weighted by molar-refractivity contribution is 0.332. The minimum atomic E-state index is -0.463. The standard InChI is InChI=1S/C62H63N/c1-39(2)42-29-31-52-57(61(9,10)35-34-59(52,5)6)56(42)47-37-46-45-24-16-19-27-50(45)62(48-25-17-14-22-43(48)44-23-15-18-26-49(44)62)53(46)38-55(47)63(40-20-12-11-13-21-40)41-28-30-51-54(36-41)60(7,8)33-32-58(51,3)4/h11-31,36-39H,32-35H2,1-10H3. The van der Waals surface area contributed by atoms with Gasteiger partial charge in [0, 0.05) is 16.9 Å². The molecular weight excluding hydrogens is 759 g/mol. The Labute approximate surface area is 377 Å². The van der Waals surface area contributed by atoms with Crippen molar-refractivity contribution >= 4 is 17.1 Å². The summed E-state index contributed by atoms with van der Waals surface area (Å²) in [6.07, 6.45) is 4.69. The first-order valence-electron chi connectivity index (χ1n) is 23.7. The molecule has 0 radical (unpaired) electrons. The maximum absolute atomic E-state index is 2.66. The molecule has 316 valence electrons. The predicted molar refractivity (Wildman–Crippen MR) is 268 cm³/mol. The van der Waals surface area contributed by atoms with Crippen LogP contribution in [0, 0.1) is 0 Å². The molecule has 0 saturated carbocycles. The van der Waals surface area contributed by atoms with Gasteiger partial charge in [0.15, 0.2) is 0 Å². The smallest absolute Gasteiger partial charge is 0.0726 e. The molecule has 0 heterocycles. The number of benzene rings is 7. The number of hydrogen-bond acceptors (Lipinski definition) is 1. The van der Waals surface area contributed by atoms with Gasteiger partial charge < -0.3 is 4.90 Å². The molecule has 0 fully saturated rings. The van der Waals surface area contributed by atoms with Crippen LogP contribution in [0.15, 0.2) is 146 Å². The van der Waals surface area contributed by atoms with Gasteiger partial charge in [0.1, 0.15) is 0 Å². The molecule has 0 saturated heterocycles. The van der Waals surface area contributed by atoms with Gasteiger partial charge in [-0.3, -0.25) is 0 Å². The van der Waals surface area contributed by atoms with Gasteiger partial charge in [0.2, 0.25) is 0 Å². The molecule has 11 rings (SSSR count). The molecule has 0 aromatic heterocycles. The molecule has 0 N–H and O–H groups in total. The third-order valence-electron chi connectivity index (χ3n) is 16.4. The van der Waals surface area contributed by atoms with E-state index in [0.29, 0.717) is 5.92 Å². The summed E-state index contributed by atoms with van der Waals surface area (Å²) >= 11 is 0. The Balaban J connectivity index is 1.33. The predicted octanol–water partition coefficient (Wildman–Crippen LogP) is 17.0. The summed E-state index contributed by atoms with van der Waals surface area (Å²) in [5, 5.41) is 0. The largest absolute Gasteiger partial charge is 0.310 e. The zero-order chi connectivity index (χ0) is 43.8. The normalized spacial score (nSPS) is 18.5. The fourth-order valence-electron chi connectivity index (χ4n) is 12.8. The van der Waals surface area contributed by atoms with E-state index in [1.54, 1.807) is 0 Å². The number of nitrogens with zero attached hydrogens (tertiary/aromatic N) is 1. The Kier molecular flexibility index (Phi) is 8.71. The fraction of sp³-hybridized carbons (Fsp3) is 0.323. The van der Waals surface area contributed by atoms with E-state index in [9.17, 15) is 0 Å². The van der Waals surface area contributed by atoms with E-state index >= 15 is 0 Å². The monoisotopic (exact) mass is 821 g/mol. The Hall–Kier alpha value is -5.66. The second-order valence-electron chi connectivity index (χ2n) is 22.3. The van der Waals surface area contributed by atoms with Gasteiger partial charge in [-0.1, -0.05) is 178 Å². The molecule has 4 aliphatic carbocycles. The fourth-order valence-corrected chi connectivity index (χ4v) is 12.8. The molecule has 0 atom stereocenters. The van der Waals surface area contributed by atoms with Gasteiger partial charge in [-0.2, -0.15) is 0 Å². The highest BCUT2D eigenvalue weighted by Gasteiger charge is 2.52. The van der Waals surface area contributed by atoms with Crippen LogP contribution in [0.2, 0.25) is 0 Å². The van der Waals surface area contributed by atoms with E-state index < -0.39 is 5.41 Å². The lowest BCUT2D eigenvalue weighted by atomic mass is 9.60. The summed E-state index contributed by atoms with van der Waals surface area (Å²) in [6, 6.07) is 56.8. The van der Waals surface area contributed by atoms with Gasteiger partial charge in [-0.15, -0.1) is 0 Å². The van der Waals surface area contributed by atoms with Crippen LogP contribution in [0.5, 0.6) is 0 Å². The van der Waals surface area contributed by atoms with Crippen LogP contribution in [0.25, 0.3) is 33.4 Å². The number of rotatable bonds is 5. The molecule has 1 nitrogen and oxygen atoms in total. The van der Waals surface area contributed by atoms with Crippen molar-refractivity contribution in [3.05, 3.63) is 196 Å². The van der Waals surface area contributed by atoms with Crippen LogP contribution in [-0.2, 0) is 27.1 Å². The van der Waals surface area contributed by atoms with Crippen molar-refractivity contribution in [3.63, 3.8) is 0 Å². The molecule has 0 bridgehead atoms. The number of fused-ring (bicyclic) bond motifs is 12. The van der Waals surface area contributed by atoms with E-state index in [4.69, 9.17) is 0 Å². The lowest BCUT2D eigenvalue weighted by Crippen LogP contribution is -2.35. The zero-order valence-corrected chi connectivity index (χ0v) is 39.2. The first kappa shape index (κ1) is 40.1. The van der Waals surface area contributed by atoms with Gasteiger partial charge in [0.25, 0.3) is 0 Å². The second kappa shape index (κ2) is 13.7. The van der Waals surface area contributed by atoms with Crippen molar-refractivity contribution in [2.24, 2.45) is 0 Å². The quantitative estimate of drug-likeness (QED) is 0.167. The van der Waals surface area contributed by atoms with Crippen LogP contribution in [0.1, 0.15) is 151 Å². The van der Waals surface area contributed by atoms with Gasteiger partial charge in [-0.25, -0.2) is 0 Å². The van der Waals surface area contributed by atoms with E-state index in [0.717, 1.165) is 6.42 Å². The summed E-state index contributed by atoms with van der Waals surface area (Å²) in [7, 11) is 0. The third kappa shape index (κ3) is 5.67. The highest BCUT2D eigenvalue weighted by atomic mass is 15.1. The molecule has 0 unspecified atom stereocenters. The first-order chi connectivity index (χ1) is 30.1. The maximum Gasteiger partial charge on any atom is 0.0726 e. The number of para-hydroxylation sites is 1. The van der Waals surface area contributed by atoms with E-state index in [2.05, 4.69) is 220 Å². The minimum absolute atomic E-state index is 0.0111. The average Bonchev–Trinajstić information content (AvgIpc) is 3.73. The van der Waals surface area contributed by atoms with Crippen molar-refractivity contribution in [2.75, 3.05) is 4.90 Å². The molecule has 7 aromatic rings. The average molecular weight is 822 g/mol. The highest BCUT2D eigenvalue weighted by molar-refractivity contribution is 6.01. The van der Waals surface area contributed by atoms with Crippen molar-refractivity contribution in [1.82, 2.24) is 0 Å². The Morgan fingerprint density at radius 3 is 1.46 bits per heavy atom. The van der Waals surface area contributed by atoms with Crippen LogP contribution < -0.4 is 4.90 Å². The highest BCUT2D eigenvalue weighted by Crippen LogP contribution is 2.65. The molecule has 0 amide bonds. The van der Waals surface area contributed by atoms with Crippen molar-refractivity contribution < 1.29 is 0 Å². The second-order valence-corrected chi connectivity index (χ2v) is 22.3. The molecule has 4 aliphatic rings. The first-order valence-corrected chi connectivity index (χ1v) is 23.7. The van der Waals surface area contributed by atoms with Crippen molar-refractivity contribution in [2.45, 2.75) is 128 Å². The summed E-state index contributed by atoms with van der Waals surface area (Å²) in [4.78, 5) is 2.64. The molecular formula is C62H63N. The van der Waals surface area contributed by atoms with Crippen LogP contribution in [0.3, 0.4) is 0 Å². The number of hydrogen-bond donors (Lipinski definition) is 0. The van der Waals surface area contributed by atoms with E-state index in [-0.39, 0.29) is 21.7 Å². The Morgan fingerprint density at radius 1 is 0.381 bits per heavy atom. The minimum Gasteiger partial charge on any atom is -0.310 e.